The average Bonchev–Trinajstić information content (AvgIpc) is 3.31. The van der Waals surface area contributed by atoms with Gasteiger partial charge in [0, 0.05) is 87.2 Å². The molecule has 0 spiro atoms. The number of imidazole rings is 1. The number of unbranched alkanes of at least 4 members (excludes halogenated alkanes) is 1. The molecule has 2 heterocycles. The SMILES string of the molecule is C=C(C)N(C)CC(=C\CCC)/C(CCOc1cc(F)ccc1-c1ccc2ncc(CCN)n2c1)=C(/C)N(C)C. The minimum absolute atomic E-state index is 0.326. The number of nitrogens with zero attached hydrogens (tertiary/aromatic N) is 4. The summed E-state index contributed by atoms with van der Waals surface area (Å²) in [7, 11) is 6.19. The lowest BCUT2D eigenvalue weighted by Crippen LogP contribution is -2.22. The van der Waals surface area contributed by atoms with E-state index in [4.69, 9.17) is 10.5 Å². The molecule has 6 nitrogen and oxygen atoms in total. The Morgan fingerprint density at radius 1 is 1.18 bits per heavy atom. The lowest BCUT2D eigenvalue weighted by molar-refractivity contribution is 0.319. The van der Waals surface area contributed by atoms with Gasteiger partial charge in [-0.25, -0.2) is 9.37 Å². The Labute approximate surface area is 233 Å². The van der Waals surface area contributed by atoms with Gasteiger partial charge in [0.2, 0.25) is 0 Å². The van der Waals surface area contributed by atoms with E-state index in [1.807, 2.05) is 35.9 Å². The van der Waals surface area contributed by atoms with Crippen LogP contribution in [-0.4, -0.2) is 60.0 Å². The Kier molecular flexibility index (Phi) is 10.8. The lowest BCUT2D eigenvalue weighted by atomic mass is 9.98. The third-order valence-electron chi connectivity index (χ3n) is 7.08. The molecular formula is C32H44FN5O. The Morgan fingerprint density at radius 2 is 1.95 bits per heavy atom. The number of nitrogens with two attached hydrogens (primary N) is 1. The number of likely N-dealkylation sites (N-methyl/N-ethyl adjacent to an activating group) is 1. The van der Waals surface area contributed by atoms with Crippen LogP contribution in [0.4, 0.5) is 4.39 Å². The maximum absolute atomic E-state index is 14.4. The number of fused-ring (bicyclic) bond motifs is 1. The first-order chi connectivity index (χ1) is 18.7. The highest BCUT2D eigenvalue weighted by atomic mass is 19.1. The summed E-state index contributed by atoms with van der Waals surface area (Å²) in [5.74, 6) is 0.197. The summed E-state index contributed by atoms with van der Waals surface area (Å²) < 4.78 is 22.7. The Balaban J connectivity index is 1.91. The van der Waals surface area contributed by atoms with Crippen molar-refractivity contribution in [3.05, 3.63) is 89.4 Å². The van der Waals surface area contributed by atoms with Gasteiger partial charge in [0.1, 0.15) is 17.2 Å². The van der Waals surface area contributed by atoms with Crippen LogP contribution < -0.4 is 10.5 Å². The monoisotopic (exact) mass is 533 g/mol. The highest BCUT2D eigenvalue weighted by Gasteiger charge is 2.15. The minimum Gasteiger partial charge on any atom is -0.492 e. The molecule has 0 fully saturated rings. The van der Waals surface area contributed by atoms with E-state index in [1.165, 1.54) is 29.0 Å². The van der Waals surface area contributed by atoms with Crippen molar-refractivity contribution in [1.82, 2.24) is 19.2 Å². The van der Waals surface area contributed by atoms with Crippen LogP contribution in [0.1, 0.15) is 45.7 Å². The fourth-order valence-electron chi connectivity index (χ4n) is 4.48. The molecule has 0 aliphatic carbocycles. The lowest BCUT2D eigenvalue weighted by Gasteiger charge is -2.26. The zero-order chi connectivity index (χ0) is 28.5. The van der Waals surface area contributed by atoms with Crippen molar-refractivity contribution in [3.63, 3.8) is 0 Å². The van der Waals surface area contributed by atoms with Crippen molar-refractivity contribution in [2.75, 3.05) is 40.8 Å². The largest absolute Gasteiger partial charge is 0.492 e. The standard InChI is InChI=1S/C32H44FN5O/c1-8-9-10-25(21-37(7)23(2)3)29(24(4)36(5)6)16-18-39-31-19-27(33)12-13-30(31)26-11-14-32-35-20-28(15-17-34)38(32)22-26/h10-14,19-20,22H,2,8-9,15-18,21,34H2,1,3-7H3/b25-10+,29-24-. The number of rotatable bonds is 14. The van der Waals surface area contributed by atoms with Gasteiger partial charge in [-0.05, 0) is 62.2 Å². The van der Waals surface area contributed by atoms with Crippen molar-refractivity contribution in [2.45, 2.75) is 46.5 Å². The Bertz CT molecular complexity index is 1340. The van der Waals surface area contributed by atoms with Crippen LogP contribution in [0.5, 0.6) is 5.75 Å². The van der Waals surface area contributed by atoms with Crippen LogP contribution in [0.2, 0.25) is 0 Å². The number of aromatic nitrogens is 2. The molecule has 0 atom stereocenters. The molecule has 3 rings (SSSR count). The van der Waals surface area contributed by atoms with Gasteiger partial charge in [0.25, 0.3) is 0 Å². The molecule has 3 aromatic rings. The van der Waals surface area contributed by atoms with Gasteiger partial charge in [0.05, 0.1) is 6.61 Å². The van der Waals surface area contributed by atoms with Crippen molar-refractivity contribution in [2.24, 2.45) is 5.73 Å². The Hall–Kier alpha value is -3.58. The van der Waals surface area contributed by atoms with E-state index in [-0.39, 0.29) is 5.82 Å². The maximum Gasteiger partial charge on any atom is 0.136 e. The van der Waals surface area contributed by atoms with Gasteiger partial charge in [-0.15, -0.1) is 0 Å². The van der Waals surface area contributed by atoms with Crippen LogP contribution in [-0.2, 0) is 6.42 Å². The van der Waals surface area contributed by atoms with E-state index in [9.17, 15) is 4.39 Å². The number of halogens is 1. The maximum atomic E-state index is 14.4. The first-order valence-corrected chi connectivity index (χ1v) is 13.7. The van der Waals surface area contributed by atoms with E-state index in [0.29, 0.717) is 25.3 Å². The predicted molar refractivity (Wildman–Crippen MR) is 160 cm³/mol. The third kappa shape index (κ3) is 7.73. The molecule has 0 unspecified atom stereocenters. The van der Waals surface area contributed by atoms with Crippen LogP contribution in [0.15, 0.2) is 77.9 Å². The summed E-state index contributed by atoms with van der Waals surface area (Å²) >= 11 is 0. The quantitative estimate of drug-likeness (QED) is 0.242. The second-order valence-corrected chi connectivity index (χ2v) is 10.2. The molecule has 0 amide bonds. The topological polar surface area (TPSA) is 59.0 Å². The number of pyridine rings is 1. The zero-order valence-corrected chi connectivity index (χ0v) is 24.4. The third-order valence-corrected chi connectivity index (χ3v) is 7.08. The highest BCUT2D eigenvalue weighted by molar-refractivity contribution is 5.71. The second-order valence-electron chi connectivity index (χ2n) is 10.2. The first kappa shape index (κ1) is 30.0. The van der Waals surface area contributed by atoms with Gasteiger partial charge < -0.3 is 24.7 Å². The molecule has 2 N–H and O–H groups in total. The van der Waals surface area contributed by atoms with Crippen LogP contribution in [0.3, 0.4) is 0 Å². The number of ether oxygens (including phenoxy) is 1. The summed E-state index contributed by atoms with van der Waals surface area (Å²) in [4.78, 5) is 8.78. The fourth-order valence-corrected chi connectivity index (χ4v) is 4.48. The van der Waals surface area contributed by atoms with E-state index < -0.39 is 0 Å². The van der Waals surface area contributed by atoms with Crippen molar-refractivity contribution in [1.29, 1.82) is 0 Å². The minimum atomic E-state index is -0.326. The molecule has 0 saturated heterocycles. The van der Waals surface area contributed by atoms with Crippen LogP contribution >= 0.6 is 0 Å². The van der Waals surface area contributed by atoms with Gasteiger partial charge >= 0.3 is 0 Å². The fraction of sp³-hybridized carbons (Fsp3) is 0.406. The molecule has 39 heavy (non-hydrogen) atoms. The molecule has 0 radical (unpaired) electrons. The van der Waals surface area contributed by atoms with Gasteiger partial charge in [-0.1, -0.05) is 26.0 Å². The molecule has 210 valence electrons. The molecule has 2 aromatic heterocycles. The van der Waals surface area contributed by atoms with Crippen molar-refractivity contribution >= 4 is 5.65 Å². The molecule has 0 bridgehead atoms. The number of hydrogen-bond acceptors (Lipinski definition) is 5. The zero-order valence-electron chi connectivity index (χ0n) is 24.4. The van der Waals surface area contributed by atoms with E-state index in [2.05, 4.69) is 62.4 Å². The van der Waals surface area contributed by atoms with E-state index in [1.54, 1.807) is 6.07 Å². The second kappa shape index (κ2) is 14.0. The summed E-state index contributed by atoms with van der Waals surface area (Å²) in [5, 5.41) is 0. The molecular weight excluding hydrogens is 489 g/mol. The van der Waals surface area contributed by atoms with Crippen molar-refractivity contribution in [3.8, 4) is 16.9 Å². The smallest absolute Gasteiger partial charge is 0.136 e. The molecule has 0 saturated carbocycles. The van der Waals surface area contributed by atoms with Gasteiger partial charge in [0.15, 0.2) is 0 Å². The summed E-state index contributed by atoms with van der Waals surface area (Å²) in [6, 6.07) is 8.68. The summed E-state index contributed by atoms with van der Waals surface area (Å²) in [6.45, 7) is 12.2. The first-order valence-electron chi connectivity index (χ1n) is 13.7. The van der Waals surface area contributed by atoms with Gasteiger partial charge in [-0.2, -0.15) is 0 Å². The Morgan fingerprint density at radius 3 is 2.62 bits per heavy atom. The van der Waals surface area contributed by atoms with E-state index >= 15 is 0 Å². The van der Waals surface area contributed by atoms with Crippen molar-refractivity contribution < 1.29 is 9.13 Å². The molecule has 7 heteroatoms. The van der Waals surface area contributed by atoms with E-state index in [0.717, 1.165) is 54.0 Å². The molecule has 1 aromatic carbocycles. The summed E-state index contributed by atoms with van der Waals surface area (Å²) in [5.41, 5.74) is 14.2. The number of allylic oxidation sites excluding steroid dienone is 3. The number of benzene rings is 1. The normalized spacial score (nSPS) is 12.5. The number of hydrogen-bond donors (Lipinski definition) is 1. The highest BCUT2D eigenvalue weighted by Crippen LogP contribution is 2.32. The molecule has 0 aliphatic heterocycles. The predicted octanol–water partition coefficient (Wildman–Crippen LogP) is 6.44. The van der Waals surface area contributed by atoms with Crippen LogP contribution in [0, 0.1) is 5.82 Å². The van der Waals surface area contributed by atoms with Crippen LogP contribution in [0.25, 0.3) is 16.8 Å². The molecule has 0 aliphatic rings. The average molecular weight is 534 g/mol. The van der Waals surface area contributed by atoms with Gasteiger partial charge in [-0.3, -0.25) is 0 Å². The summed E-state index contributed by atoms with van der Waals surface area (Å²) in [6.07, 6.45) is 9.70.